The number of hydrogen-bond donors (Lipinski definition) is 1. The van der Waals surface area contributed by atoms with Crippen molar-refractivity contribution < 1.29 is 19.1 Å². The molecule has 0 aromatic heterocycles. The van der Waals surface area contributed by atoms with Gasteiger partial charge in [-0.05, 0) is 20.8 Å². The lowest BCUT2D eigenvalue weighted by molar-refractivity contribution is -0.152. The van der Waals surface area contributed by atoms with Crippen LogP contribution in [0.3, 0.4) is 0 Å². The van der Waals surface area contributed by atoms with Gasteiger partial charge in [0.15, 0.2) is 0 Å². The summed E-state index contributed by atoms with van der Waals surface area (Å²) in [6.07, 6.45) is 0.938. The third-order valence-corrected chi connectivity index (χ3v) is 4.09. The standard InChI is InChI=1S/C15H22N2O4/c1-9(2)16-13(19)12-10(3)14(20)21-15(12)5-7-17(8-6-15)11(4)18/h9H,5-8H2,1-4H3,(H,16,19). The Morgan fingerprint density at radius 1 is 1.29 bits per heavy atom. The van der Waals surface area contributed by atoms with Crippen LogP contribution in [0.5, 0.6) is 0 Å². The van der Waals surface area contributed by atoms with Crippen LogP contribution in [-0.2, 0) is 19.1 Å². The number of esters is 1. The normalized spacial score (nSPS) is 21.0. The lowest BCUT2D eigenvalue weighted by atomic mass is 9.82. The van der Waals surface area contributed by atoms with Gasteiger partial charge in [-0.15, -0.1) is 0 Å². The number of nitrogens with zero attached hydrogens (tertiary/aromatic N) is 1. The Labute approximate surface area is 124 Å². The molecule has 2 amide bonds. The van der Waals surface area contributed by atoms with Gasteiger partial charge in [0.2, 0.25) is 5.91 Å². The summed E-state index contributed by atoms with van der Waals surface area (Å²) in [7, 11) is 0. The van der Waals surface area contributed by atoms with E-state index in [1.165, 1.54) is 6.92 Å². The van der Waals surface area contributed by atoms with Crippen LogP contribution >= 0.6 is 0 Å². The van der Waals surface area contributed by atoms with Crippen molar-refractivity contribution in [3.8, 4) is 0 Å². The fourth-order valence-corrected chi connectivity index (χ4v) is 3.00. The van der Waals surface area contributed by atoms with Gasteiger partial charge in [0.25, 0.3) is 5.91 Å². The van der Waals surface area contributed by atoms with E-state index in [9.17, 15) is 14.4 Å². The minimum absolute atomic E-state index is 0.00283. The third kappa shape index (κ3) is 2.80. The summed E-state index contributed by atoms with van der Waals surface area (Å²) >= 11 is 0. The predicted octanol–water partition coefficient (Wildman–Crippen LogP) is 0.765. The van der Waals surface area contributed by atoms with Crippen LogP contribution in [0, 0.1) is 0 Å². The molecule has 0 bridgehead atoms. The lowest BCUT2D eigenvalue weighted by Crippen LogP contribution is -2.50. The number of likely N-dealkylation sites (tertiary alicyclic amines) is 1. The van der Waals surface area contributed by atoms with Gasteiger partial charge in [0.1, 0.15) is 5.60 Å². The topological polar surface area (TPSA) is 75.7 Å². The molecule has 1 saturated heterocycles. The maximum atomic E-state index is 12.4. The maximum absolute atomic E-state index is 12.4. The van der Waals surface area contributed by atoms with Crippen molar-refractivity contribution >= 4 is 17.8 Å². The molecule has 1 spiro atoms. The largest absolute Gasteiger partial charge is 0.450 e. The molecule has 1 fully saturated rings. The van der Waals surface area contributed by atoms with Gasteiger partial charge in [-0.3, -0.25) is 9.59 Å². The highest BCUT2D eigenvalue weighted by Crippen LogP contribution is 2.41. The van der Waals surface area contributed by atoms with E-state index in [4.69, 9.17) is 4.74 Å². The number of piperidine rings is 1. The summed E-state index contributed by atoms with van der Waals surface area (Å²) in [5, 5.41) is 2.83. The number of rotatable bonds is 2. The molecule has 0 saturated carbocycles. The molecule has 116 valence electrons. The maximum Gasteiger partial charge on any atom is 0.335 e. The monoisotopic (exact) mass is 294 g/mol. The number of nitrogens with one attached hydrogen (secondary N) is 1. The molecule has 0 aromatic rings. The molecule has 2 aliphatic rings. The van der Waals surface area contributed by atoms with E-state index in [1.54, 1.807) is 11.8 Å². The molecule has 2 heterocycles. The number of hydrogen-bond acceptors (Lipinski definition) is 4. The van der Waals surface area contributed by atoms with E-state index in [-0.39, 0.29) is 17.9 Å². The second-order valence-corrected chi connectivity index (χ2v) is 6.02. The van der Waals surface area contributed by atoms with E-state index in [0.717, 1.165) is 0 Å². The van der Waals surface area contributed by atoms with Crippen molar-refractivity contribution in [1.82, 2.24) is 10.2 Å². The number of ether oxygens (including phenoxy) is 1. The first-order chi connectivity index (χ1) is 9.77. The average Bonchev–Trinajstić information content (AvgIpc) is 2.60. The molecule has 0 atom stereocenters. The van der Waals surface area contributed by atoms with Gasteiger partial charge in [-0.25, -0.2) is 4.79 Å². The minimum atomic E-state index is -0.869. The van der Waals surface area contributed by atoms with Gasteiger partial charge in [0, 0.05) is 44.5 Å². The highest BCUT2D eigenvalue weighted by molar-refractivity contribution is 6.07. The van der Waals surface area contributed by atoms with Crippen LogP contribution in [-0.4, -0.2) is 47.4 Å². The summed E-state index contributed by atoms with van der Waals surface area (Å²) in [5.41, 5.74) is -0.0552. The Morgan fingerprint density at radius 3 is 2.33 bits per heavy atom. The summed E-state index contributed by atoms with van der Waals surface area (Å²) in [4.78, 5) is 37.5. The van der Waals surface area contributed by atoms with Crippen LogP contribution in [0.4, 0.5) is 0 Å². The average molecular weight is 294 g/mol. The second-order valence-electron chi connectivity index (χ2n) is 6.02. The number of amides is 2. The second kappa shape index (κ2) is 5.50. The number of carbonyl (C=O) groups is 3. The first-order valence-corrected chi connectivity index (χ1v) is 7.28. The lowest BCUT2D eigenvalue weighted by Gasteiger charge is -2.39. The Bertz CT molecular complexity index is 514. The van der Waals surface area contributed by atoms with E-state index in [1.807, 2.05) is 13.8 Å². The summed E-state index contributed by atoms with van der Waals surface area (Å²) in [6.45, 7) is 7.88. The van der Waals surface area contributed by atoms with E-state index >= 15 is 0 Å². The van der Waals surface area contributed by atoms with E-state index in [0.29, 0.717) is 37.1 Å². The van der Waals surface area contributed by atoms with Gasteiger partial charge < -0.3 is 15.0 Å². The third-order valence-electron chi connectivity index (χ3n) is 4.09. The van der Waals surface area contributed by atoms with Gasteiger partial charge in [0.05, 0.1) is 5.57 Å². The molecule has 2 aliphatic heterocycles. The zero-order chi connectivity index (χ0) is 15.8. The molecule has 21 heavy (non-hydrogen) atoms. The van der Waals surface area contributed by atoms with Crippen molar-refractivity contribution in [1.29, 1.82) is 0 Å². The molecule has 0 unspecified atom stereocenters. The Hall–Kier alpha value is -1.85. The SMILES string of the molecule is CC(=O)N1CCC2(CC1)OC(=O)C(C)=C2C(=O)NC(C)C. The summed E-state index contributed by atoms with van der Waals surface area (Å²) in [5.74, 6) is -0.673. The van der Waals surface area contributed by atoms with Crippen molar-refractivity contribution in [3.05, 3.63) is 11.1 Å². The molecular weight excluding hydrogens is 272 g/mol. The number of carbonyl (C=O) groups excluding carboxylic acids is 3. The summed E-state index contributed by atoms with van der Waals surface area (Å²) in [6, 6.07) is -0.0112. The van der Waals surface area contributed by atoms with E-state index in [2.05, 4.69) is 5.32 Å². The van der Waals surface area contributed by atoms with Crippen LogP contribution < -0.4 is 5.32 Å². The molecule has 0 aliphatic carbocycles. The van der Waals surface area contributed by atoms with Crippen molar-refractivity contribution in [2.45, 2.75) is 52.2 Å². The first kappa shape index (κ1) is 15.5. The van der Waals surface area contributed by atoms with E-state index < -0.39 is 11.6 Å². The Balaban J connectivity index is 2.25. The predicted molar refractivity (Wildman–Crippen MR) is 76.3 cm³/mol. The molecule has 0 radical (unpaired) electrons. The minimum Gasteiger partial charge on any atom is -0.450 e. The summed E-state index contributed by atoms with van der Waals surface area (Å²) < 4.78 is 5.53. The van der Waals surface area contributed by atoms with Gasteiger partial charge in [-0.1, -0.05) is 0 Å². The molecule has 6 nitrogen and oxygen atoms in total. The molecular formula is C15H22N2O4. The zero-order valence-electron chi connectivity index (χ0n) is 13.0. The smallest absolute Gasteiger partial charge is 0.335 e. The molecule has 0 aromatic carbocycles. The highest BCUT2D eigenvalue weighted by atomic mass is 16.6. The van der Waals surface area contributed by atoms with Crippen LogP contribution in [0.1, 0.15) is 40.5 Å². The van der Waals surface area contributed by atoms with Crippen molar-refractivity contribution in [3.63, 3.8) is 0 Å². The Kier molecular flexibility index (Phi) is 4.07. The van der Waals surface area contributed by atoms with Crippen molar-refractivity contribution in [2.24, 2.45) is 0 Å². The zero-order valence-corrected chi connectivity index (χ0v) is 13.0. The molecule has 1 N–H and O–H groups in total. The van der Waals surface area contributed by atoms with Crippen LogP contribution in [0.2, 0.25) is 0 Å². The van der Waals surface area contributed by atoms with Crippen LogP contribution in [0.15, 0.2) is 11.1 Å². The highest BCUT2D eigenvalue weighted by Gasteiger charge is 2.51. The first-order valence-electron chi connectivity index (χ1n) is 7.28. The molecule has 2 rings (SSSR count). The van der Waals surface area contributed by atoms with Gasteiger partial charge >= 0.3 is 5.97 Å². The van der Waals surface area contributed by atoms with Crippen LogP contribution in [0.25, 0.3) is 0 Å². The quantitative estimate of drug-likeness (QED) is 0.763. The fourth-order valence-electron chi connectivity index (χ4n) is 3.00. The van der Waals surface area contributed by atoms with Crippen molar-refractivity contribution in [2.75, 3.05) is 13.1 Å². The fraction of sp³-hybridized carbons (Fsp3) is 0.667. The Morgan fingerprint density at radius 2 is 1.86 bits per heavy atom. The van der Waals surface area contributed by atoms with Gasteiger partial charge in [-0.2, -0.15) is 0 Å². The molecule has 6 heteroatoms.